The predicted molar refractivity (Wildman–Crippen MR) is 86.8 cm³/mol. The maximum absolute atomic E-state index is 6.27. The zero-order valence-electron chi connectivity index (χ0n) is 13.1. The molecule has 2 N–H and O–H groups in total. The van der Waals surface area contributed by atoms with Crippen molar-refractivity contribution in [1.82, 2.24) is 4.90 Å². The number of nitrogens with two attached hydrogens (primary N) is 1. The highest BCUT2D eigenvalue weighted by Crippen LogP contribution is 2.40. The minimum Gasteiger partial charge on any atom is -0.329 e. The molecule has 0 aromatic rings. The lowest BCUT2D eigenvalue weighted by Gasteiger charge is -2.49. The first-order chi connectivity index (χ1) is 9.01. The van der Waals surface area contributed by atoms with E-state index in [1.165, 1.54) is 57.4 Å². The zero-order valence-corrected chi connectivity index (χ0v) is 13.9. The molecule has 1 aliphatic carbocycles. The van der Waals surface area contributed by atoms with Crippen LogP contribution in [0.4, 0.5) is 0 Å². The average Bonchev–Trinajstić information content (AvgIpc) is 2.60. The van der Waals surface area contributed by atoms with E-state index < -0.39 is 0 Å². The molecule has 2 aliphatic rings. The maximum Gasteiger partial charge on any atom is 0.0332 e. The number of rotatable bonds is 3. The first kappa shape index (κ1) is 15.7. The summed E-state index contributed by atoms with van der Waals surface area (Å²) < 4.78 is 0.400. The second-order valence-electron chi connectivity index (χ2n) is 7.16. The minimum atomic E-state index is 0.308. The molecule has 2 fully saturated rings. The molecule has 2 nitrogen and oxygen atoms in total. The third kappa shape index (κ3) is 3.68. The van der Waals surface area contributed by atoms with Crippen LogP contribution in [0, 0.1) is 5.92 Å². The summed E-state index contributed by atoms with van der Waals surface area (Å²) >= 11 is 2.13. The molecule has 1 saturated heterocycles. The van der Waals surface area contributed by atoms with Crippen LogP contribution >= 0.6 is 11.8 Å². The molecule has 0 aromatic carbocycles. The van der Waals surface area contributed by atoms with Gasteiger partial charge in [-0.05, 0) is 39.0 Å². The van der Waals surface area contributed by atoms with E-state index in [1.807, 2.05) is 0 Å². The summed E-state index contributed by atoms with van der Waals surface area (Å²) in [4.78, 5) is 2.75. The third-order valence-electron chi connectivity index (χ3n) is 5.33. The second kappa shape index (κ2) is 6.36. The normalized spacial score (nSPS) is 36.9. The lowest BCUT2D eigenvalue weighted by atomic mass is 9.86. The molecule has 0 spiro atoms. The Morgan fingerprint density at radius 2 is 2.05 bits per heavy atom. The van der Waals surface area contributed by atoms with Crippen molar-refractivity contribution in [1.29, 1.82) is 0 Å². The second-order valence-corrected chi connectivity index (χ2v) is 8.97. The van der Waals surface area contributed by atoms with Crippen LogP contribution in [-0.4, -0.2) is 40.6 Å². The van der Waals surface area contributed by atoms with Crippen LogP contribution in [0.15, 0.2) is 0 Å². The van der Waals surface area contributed by atoms with Gasteiger partial charge < -0.3 is 5.73 Å². The van der Waals surface area contributed by atoms with E-state index in [0.717, 1.165) is 12.5 Å². The fourth-order valence-corrected chi connectivity index (χ4v) is 5.05. The van der Waals surface area contributed by atoms with Crippen LogP contribution in [-0.2, 0) is 0 Å². The molecule has 1 aliphatic heterocycles. The molecule has 0 amide bonds. The fraction of sp³-hybridized carbons (Fsp3) is 1.00. The molecule has 0 bridgehead atoms. The lowest BCUT2D eigenvalue weighted by molar-refractivity contribution is 0.0719. The zero-order chi connectivity index (χ0) is 13.9. The Kier molecular flexibility index (Phi) is 5.24. The van der Waals surface area contributed by atoms with Crippen LogP contribution < -0.4 is 5.73 Å². The van der Waals surface area contributed by atoms with E-state index in [4.69, 9.17) is 5.73 Å². The lowest BCUT2D eigenvalue weighted by Crippen LogP contribution is -2.59. The number of hydrogen-bond acceptors (Lipinski definition) is 3. The van der Waals surface area contributed by atoms with Gasteiger partial charge in [-0.3, -0.25) is 4.90 Å². The standard InChI is InChI=1S/C16H32N2S/c1-4-14-6-5-8-16(12-17,9-7-14)18-10-11-19-15(2,3)13-18/h14H,4-13,17H2,1-3H3. The summed E-state index contributed by atoms with van der Waals surface area (Å²) in [7, 11) is 0. The van der Waals surface area contributed by atoms with Gasteiger partial charge in [0.05, 0.1) is 0 Å². The van der Waals surface area contributed by atoms with Crippen LogP contribution in [0.5, 0.6) is 0 Å². The van der Waals surface area contributed by atoms with E-state index in [9.17, 15) is 0 Å². The van der Waals surface area contributed by atoms with Gasteiger partial charge in [-0.15, -0.1) is 0 Å². The fourth-order valence-electron chi connectivity index (χ4n) is 3.94. The van der Waals surface area contributed by atoms with Crippen LogP contribution in [0.2, 0.25) is 0 Å². The third-order valence-corrected chi connectivity index (χ3v) is 6.62. The number of thioether (sulfide) groups is 1. The highest BCUT2D eigenvalue weighted by molar-refractivity contribution is 8.00. The minimum absolute atomic E-state index is 0.308. The van der Waals surface area contributed by atoms with Crippen molar-refractivity contribution in [3.63, 3.8) is 0 Å². The van der Waals surface area contributed by atoms with Gasteiger partial charge in [-0.1, -0.05) is 26.2 Å². The van der Waals surface area contributed by atoms with Gasteiger partial charge in [0.25, 0.3) is 0 Å². The van der Waals surface area contributed by atoms with E-state index >= 15 is 0 Å². The summed E-state index contributed by atoms with van der Waals surface area (Å²) in [5.74, 6) is 2.21. The molecule has 1 saturated carbocycles. The molecule has 2 rings (SSSR count). The van der Waals surface area contributed by atoms with Crippen molar-refractivity contribution >= 4 is 11.8 Å². The monoisotopic (exact) mass is 284 g/mol. The predicted octanol–water partition coefficient (Wildman–Crippen LogP) is 3.50. The van der Waals surface area contributed by atoms with E-state index in [0.29, 0.717) is 10.3 Å². The summed E-state index contributed by atoms with van der Waals surface area (Å²) in [5, 5.41) is 0. The summed E-state index contributed by atoms with van der Waals surface area (Å²) in [5.41, 5.74) is 6.57. The van der Waals surface area contributed by atoms with Crippen LogP contribution in [0.1, 0.15) is 59.3 Å². The highest BCUT2D eigenvalue weighted by Gasteiger charge is 2.41. The Labute approximate surface area is 123 Å². The highest BCUT2D eigenvalue weighted by atomic mass is 32.2. The molecule has 2 atom stereocenters. The Morgan fingerprint density at radius 1 is 1.26 bits per heavy atom. The molecular formula is C16H32N2S. The number of hydrogen-bond donors (Lipinski definition) is 1. The van der Waals surface area contributed by atoms with Crippen molar-refractivity contribution in [2.45, 2.75) is 69.6 Å². The average molecular weight is 285 g/mol. The molecule has 0 aromatic heterocycles. The van der Waals surface area contributed by atoms with Crippen molar-refractivity contribution in [3.05, 3.63) is 0 Å². The van der Waals surface area contributed by atoms with E-state index in [-0.39, 0.29) is 0 Å². The molecule has 19 heavy (non-hydrogen) atoms. The van der Waals surface area contributed by atoms with Gasteiger partial charge in [-0.2, -0.15) is 11.8 Å². The van der Waals surface area contributed by atoms with Crippen molar-refractivity contribution in [3.8, 4) is 0 Å². The first-order valence-corrected chi connectivity index (χ1v) is 9.09. The molecule has 3 heteroatoms. The first-order valence-electron chi connectivity index (χ1n) is 8.10. The van der Waals surface area contributed by atoms with Gasteiger partial charge in [0.15, 0.2) is 0 Å². The SMILES string of the molecule is CCC1CCCC(CN)(N2CCSC(C)(C)C2)CC1. The summed E-state index contributed by atoms with van der Waals surface area (Å²) in [6.45, 7) is 10.4. The topological polar surface area (TPSA) is 29.3 Å². The molecule has 0 radical (unpaired) electrons. The van der Waals surface area contributed by atoms with Crippen molar-refractivity contribution in [2.24, 2.45) is 11.7 Å². The van der Waals surface area contributed by atoms with Gasteiger partial charge in [0.2, 0.25) is 0 Å². The Hall–Kier alpha value is 0.270. The summed E-state index contributed by atoms with van der Waals surface area (Å²) in [6, 6.07) is 0. The van der Waals surface area contributed by atoms with Gasteiger partial charge in [0.1, 0.15) is 0 Å². The maximum atomic E-state index is 6.27. The molecule has 1 heterocycles. The van der Waals surface area contributed by atoms with E-state index in [1.54, 1.807) is 0 Å². The largest absolute Gasteiger partial charge is 0.329 e. The van der Waals surface area contributed by atoms with Crippen molar-refractivity contribution in [2.75, 3.05) is 25.4 Å². The Balaban J connectivity index is 2.08. The summed E-state index contributed by atoms with van der Waals surface area (Å²) in [6.07, 6.45) is 8.17. The van der Waals surface area contributed by atoms with Crippen LogP contribution in [0.3, 0.4) is 0 Å². The van der Waals surface area contributed by atoms with Gasteiger partial charge >= 0.3 is 0 Å². The molecule has 2 unspecified atom stereocenters. The van der Waals surface area contributed by atoms with Gasteiger partial charge in [0, 0.05) is 35.7 Å². The van der Waals surface area contributed by atoms with E-state index in [2.05, 4.69) is 37.4 Å². The Bertz CT molecular complexity index is 292. The van der Waals surface area contributed by atoms with Crippen molar-refractivity contribution < 1.29 is 0 Å². The molecular weight excluding hydrogens is 252 g/mol. The number of nitrogens with zero attached hydrogens (tertiary/aromatic N) is 1. The quantitative estimate of drug-likeness (QED) is 0.804. The molecule has 112 valence electrons. The Morgan fingerprint density at radius 3 is 2.68 bits per heavy atom. The van der Waals surface area contributed by atoms with Crippen LogP contribution in [0.25, 0.3) is 0 Å². The smallest absolute Gasteiger partial charge is 0.0332 e. The van der Waals surface area contributed by atoms with Gasteiger partial charge in [-0.25, -0.2) is 0 Å².